The number of nitrogens with zero attached hydrogens (tertiary/aromatic N) is 4. The molecule has 6 nitrogen and oxygen atoms in total. The number of aromatic nitrogens is 3. The van der Waals surface area contributed by atoms with E-state index in [0.29, 0.717) is 24.5 Å². The number of carbonyl (C=O) groups excluding carboxylic acids is 1. The van der Waals surface area contributed by atoms with Gasteiger partial charge in [-0.05, 0) is 37.1 Å². The molecule has 29 heavy (non-hydrogen) atoms. The van der Waals surface area contributed by atoms with Crippen molar-refractivity contribution >= 4 is 28.1 Å². The Kier molecular flexibility index (Phi) is 4.92. The van der Waals surface area contributed by atoms with E-state index in [1.807, 2.05) is 61.5 Å². The van der Waals surface area contributed by atoms with Gasteiger partial charge in [0.05, 0.1) is 11.0 Å². The van der Waals surface area contributed by atoms with Crippen molar-refractivity contribution in [3.63, 3.8) is 0 Å². The van der Waals surface area contributed by atoms with Crippen LogP contribution in [0.3, 0.4) is 0 Å². The van der Waals surface area contributed by atoms with Crippen molar-refractivity contribution < 1.29 is 4.79 Å². The first-order chi connectivity index (χ1) is 14.0. The van der Waals surface area contributed by atoms with Crippen LogP contribution in [0.4, 0.5) is 5.69 Å². The van der Waals surface area contributed by atoms with Crippen LogP contribution in [0.25, 0.3) is 16.6 Å². The maximum Gasteiger partial charge on any atom is 0.278 e. The number of fused-ring (bicyclic) bond motifs is 3. The third kappa shape index (κ3) is 3.31. The predicted octanol–water partition coefficient (Wildman–Crippen LogP) is 3.97. The second kappa shape index (κ2) is 7.54. The van der Waals surface area contributed by atoms with E-state index in [1.54, 1.807) is 20.0 Å². The number of carbonyl (C=O) groups is 1. The number of amides is 1. The minimum absolute atomic E-state index is 0.133. The predicted molar refractivity (Wildman–Crippen MR) is 116 cm³/mol. The highest BCUT2D eigenvalue weighted by molar-refractivity contribution is 6.05. The van der Waals surface area contributed by atoms with Crippen LogP contribution in [0.2, 0.25) is 0 Å². The van der Waals surface area contributed by atoms with Gasteiger partial charge >= 0.3 is 0 Å². The molecule has 0 bridgehead atoms. The van der Waals surface area contributed by atoms with Crippen molar-refractivity contribution in [2.45, 2.75) is 27.3 Å². The maximum absolute atomic E-state index is 13.2. The maximum atomic E-state index is 13.2. The molecule has 0 N–H and O–H groups in total. The molecule has 0 aliphatic carbocycles. The van der Waals surface area contributed by atoms with E-state index in [-0.39, 0.29) is 17.2 Å². The topological polar surface area (TPSA) is 59.6 Å². The fourth-order valence-corrected chi connectivity index (χ4v) is 3.68. The van der Waals surface area contributed by atoms with Gasteiger partial charge in [-0.2, -0.15) is 5.10 Å². The molecule has 0 aliphatic heterocycles. The molecular formula is C23H24N4O2. The van der Waals surface area contributed by atoms with Crippen molar-refractivity contribution in [2.24, 2.45) is 5.92 Å². The average Bonchev–Trinajstić information content (AvgIpc) is 3.18. The second-order valence-electron chi connectivity index (χ2n) is 7.51. The molecule has 0 saturated heterocycles. The number of anilines is 1. The van der Waals surface area contributed by atoms with E-state index in [1.165, 1.54) is 0 Å². The number of hydrogen-bond acceptors (Lipinski definition) is 3. The van der Waals surface area contributed by atoms with Crippen molar-refractivity contribution in [3.05, 3.63) is 76.7 Å². The Labute approximate surface area is 169 Å². The third-order valence-electron chi connectivity index (χ3n) is 4.97. The van der Waals surface area contributed by atoms with Crippen molar-refractivity contribution in [2.75, 3.05) is 11.4 Å². The number of rotatable bonds is 5. The molecule has 4 aromatic rings. The Morgan fingerprint density at radius 2 is 1.66 bits per heavy atom. The van der Waals surface area contributed by atoms with Crippen LogP contribution in [0, 0.1) is 5.92 Å². The fraction of sp³-hybridized carbons (Fsp3) is 0.261. The molecular weight excluding hydrogens is 364 g/mol. The van der Waals surface area contributed by atoms with Gasteiger partial charge in [0.15, 0.2) is 5.69 Å². The molecule has 148 valence electrons. The zero-order valence-corrected chi connectivity index (χ0v) is 16.9. The summed E-state index contributed by atoms with van der Waals surface area (Å²) < 4.78 is 3.38. The summed E-state index contributed by atoms with van der Waals surface area (Å²) in [5, 5.41) is 4.53. The van der Waals surface area contributed by atoms with E-state index < -0.39 is 0 Å². The number of para-hydroxylation sites is 3. The van der Waals surface area contributed by atoms with Crippen LogP contribution in [0.5, 0.6) is 0 Å². The zero-order valence-electron chi connectivity index (χ0n) is 16.9. The summed E-state index contributed by atoms with van der Waals surface area (Å²) in [6.07, 6.45) is 0. The van der Waals surface area contributed by atoms with Crippen LogP contribution in [0.15, 0.2) is 65.5 Å². The lowest BCUT2D eigenvalue weighted by molar-refractivity contribution is 0.0983. The minimum Gasteiger partial charge on any atom is -0.307 e. The highest BCUT2D eigenvalue weighted by Crippen LogP contribution is 2.19. The van der Waals surface area contributed by atoms with Crippen molar-refractivity contribution in [1.29, 1.82) is 0 Å². The Morgan fingerprint density at radius 1 is 1.00 bits per heavy atom. The first-order valence-corrected chi connectivity index (χ1v) is 9.89. The summed E-state index contributed by atoms with van der Waals surface area (Å²) in [6.45, 7) is 7.20. The summed E-state index contributed by atoms with van der Waals surface area (Å²) in [5.74, 6) is 0.0949. The lowest BCUT2D eigenvalue weighted by atomic mass is 10.2. The standard InChI is InChI=1S/C23H24N4O2/c1-4-25(17-10-6-5-7-11-17)22(28)18-14-21-23(29)26(15-16(2)3)19-12-8-9-13-20(19)27(21)24-18/h5-14,16H,4,15H2,1-3H3. The Hall–Kier alpha value is -3.41. The SMILES string of the molecule is CCN(C(=O)c1cc2c(=O)n(CC(C)C)c3ccccc3n2n1)c1ccccc1. The monoisotopic (exact) mass is 388 g/mol. The van der Waals surface area contributed by atoms with E-state index >= 15 is 0 Å². The second-order valence-corrected chi connectivity index (χ2v) is 7.51. The molecule has 0 unspecified atom stereocenters. The Bertz CT molecular complexity index is 1240. The average molecular weight is 388 g/mol. The van der Waals surface area contributed by atoms with E-state index in [2.05, 4.69) is 18.9 Å². The Morgan fingerprint density at radius 3 is 2.31 bits per heavy atom. The minimum atomic E-state index is -0.221. The summed E-state index contributed by atoms with van der Waals surface area (Å²) in [6, 6.07) is 18.8. The van der Waals surface area contributed by atoms with Crippen molar-refractivity contribution in [1.82, 2.24) is 14.2 Å². The van der Waals surface area contributed by atoms with Gasteiger partial charge in [0.25, 0.3) is 11.5 Å². The van der Waals surface area contributed by atoms with Gasteiger partial charge in [-0.25, -0.2) is 4.52 Å². The summed E-state index contributed by atoms with van der Waals surface area (Å²) in [4.78, 5) is 28.1. The molecule has 0 aliphatic rings. The van der Waals surface area contributed by atoms with Crippen LogP contribution in [-0.4, -0.2) is 26.6 Å². The smallest absolute Gasteiger partial charge is 0.278 e. The number of benzene rings is 2. The molecule has 0 radical (unpaired) electrons. The molecule has 2 heterocycles. The van der Waals surface area contributed by atoms with Crippen molar-refractivity contribution in [3.8, 4) is 0 Å². The largest absolute Gasteiger partial charge is 0.307 e. The van der Waals surface area contributed by atoms with Gasteiger partial charge < -0.3 is 9.47 Å². The van der Waals surface area contributed by atoms with Gasteiger partial charge in [-0.3, -0.25) is 9.59 Å². The summed E-state index contributed by atoms with van der Waals surface area (Å²) in [5.41, 5.74) is 2.98. The van der Waals surface area contributed by atoms with Gasteiger partial charge in [0.1, 0.15) is 5.52 Å². The normalized spacial score (nSPS) is 11.4. The summed E-state index contributed by atoms with van der Waals surface area (Å²) in [7, 11) is 0. The lowest BCUT2D eigenvalue weighted by Crippen LogP contribution is -2.30. The fourth-order valence-electron chi connectivity index (χ4n) is 3.68. The van der Waals surface area contributed by atoms with Gasteiger partial charge in [0.2, 0.25) is 0 Å². The van der Waals surface area contributed by atoms with E-state index in [4.69, 9.17) is 0 Å². The molecule has 0 saturated carbocycles. The Balaban J connectivity index is 1.90. The van der Waals surface area contributed by atoms with Gasteiger partial charge in [-0.15, -0.1) is 0 Å². The van der Waals surface area contributed by atoms with E-state index in [9.17, 15) is 9.59 Å². The van der Waals surface area contributed by atoms with Crippen LogP contribution >= 0.6 is 0 Å². The first-order valence-electron chi connectivity index (χ1n) is 9.89. The zero-order chi connectivity index (χ0) is 20.5. The molecule has 1 amide bonds. The molecule has 0 atom stereocenters. The molecule has 0 fully saturated rings. The molecule has 2 aromatic carbocycles. The van der Waals surface area contributed by atoms with Crippen LogP contribution in [-0.2, 0) is 6.54 Å². The molecule has 0 spiro atoms. The quantitative estimate of drug-likeness (QED) is 0.520. The first kappa shape index (κ1) is 18.9. The molecule has 6 heteroatoms. The highest BCUT2D eigenvalue weighted by atomic mass is 16.2. The molecule has 2 aromatic heterocycles. The van der Waals surface area contributed by atoms with Gasteiger partial charge in [0, 0.05) is 24.8 Å². The number of hydrogen-bond donors (Lipinski definition) is 0. The molecule has 4 rings (SSSR count). The van der Waals surface area contributed by atoms with Crippen LogP contribution in [0.1, 0.15) is 31.3 Å². The third-order valence-corrected chi connectivity index (χ3v) is 4.97. The highest BCUT2D eigenvalue weighted by Gasteiger charge is 2.22. The van der Waals surface area contributed by atoms with Crippen LogP contribution < -0.4 is 10.5 Å². The van der Waals surface area contributed by atoms with E-state index in [0.717, 1.165) is 16.7 Å². The lowest BCUT2D eigenvalue weighted by Gasteiger charge is -2.19. The van der Waals surface area contributed by atoms with Gasteiger partial charge in [-0.1, -0.05) is 44.2 Å². The summed E-state index contributed by atoms with van der Waals surface area (Å²) >= 11 is 0.